The number of sulfonamides is 1. The van der Waals surface area contributed by atoms with Crippen LogP contribution in [0.1, 0.15) is 21.5 Å². The number of halogens is 1. The van der Waals surface area contributed by atoms with Crippen LogP contribution in [0.25, 0.3) is 0 Å². The van der Waals surface area contributed by atoms with Crippen LogP contribution in [-0.4, -0.2) is 26.8 Å². The molecule has 26 heavy (non-hydrogen) atoms. The fourth-order valence-electron chi connectivity index (χ4n) is 2.01. The van der Waals surface area contributed by atoms with Crippen molar-refractivity contribution < 1.29 is 18.0 Å². The summed E-state index contributed by atoms with van der Waals surface area (Å²) < 4.78 is 26.6. The van der Waals surface area contributed by atoms with Crippen molar-refractivity contribution >= 4 is 33.4 Å². The molecule has 0 aliphatic carbocycles. The highest BCUT2D eigenvalue weighted by atomic mass is 35.5. The Kier molecular flexibility index (Phi) is 6.36. The lowest BCUT2D eigenvalue weighted by Gasteiger charge is -2.10. The van der Waals surface area contributed by atoms with Gasteiger partial charge in [-0.3, -0.25) is 20.4 Å². The van der Waals surface area contributed by atoms with Crippen molar-refractivity contribution in [3.63, 3.8) is 0 Å². The van der Waals surface area contributed by atoms with Crippen molar-refractivity contribution in [2.45, 2.75) is 18.7 Å². The average molecular weight is 396 g/mol. The summed E-state index contributed by atoms with van der Waals surface area (Å²) in [5, 5.41) is 0.231. The van der Waals surface area contributed by atoms with E-state index in [2.05, 4.69) is 15.6 Å². The summed E-state index contributed by atoms with van der Waals surface area (Å²) in [5.74, 6) is -1.33. The summed E-state index contributed by atoms with van der Waals surface area (Å²) in [6.45, 7) is 3.14. The summed E-state index contributed by atoms with van der Waals surface area (Å²) in [6.07, 6.45) is 0. The maximum absolute atomic E-state index is 12.2. The van der Waals surface area contributed by atoms with Gasteiger partial charge in [-0.2, -0.15) is 0 Å². The molecule has 0 aliphatic rings. The molecule has 0 bridgehead atoms. The van der Waals surface area contributed by atoms with Crippen molar-refractivity contribution in [2.24, 2.45) is 0 Å². The van der Waals surface area contributed by atoms with Crippen LogP contribution in [0.5, 0.6) is 0 Å². The highest BCUT2D eigenvalue weighted by molar-refractivity contribution is 7.89. The number of nitrogens with one attached hydrogen (secondary N) is 3. The molecule has 0 atom stereocenters. The van der Waals surface area contributed by atoms with E-state index in [0.717, 1.165) is 11.1 Å². The third kappa shape index (κ3) is 5.04. The number of benzene rings is 2. The molecule has 3 N–H and O–H groups in total. The Morgan fingerprint density at radius 1 is 1.00 bits per heavy atom. The van der Waals surface area contributed by atoms with Gasteiger partial charge in [0.05, 0.1) is 22.0 Å². The molecule has 2 rings (SSSR count). The van der Waals surface area contributed by atoms with Gasteiger partial charge in [0, 0.05) is 0 Å². The van der Waals surface area contributed by atoms with Gasteiger partial charge in [0.25, 0.3) is 11.8 Å². The Morgan fingerprint density at radius 2 is 1.69 bits per heavy atom. The molecule has 0 aromatic heterocycles. The fourth-order valence-corrected chi connectivity index (χ4v) is 3.30. The quantitative estimate of drug-likeness (QED) is 0.670. The Balaban J connectivity index is 1.91. The SMILES string of the molecule is Cc1ccc(S(=O)(=O)NCC(=O)NNC(=O)c2ccccc2Cl)cc1C. The first-order valence-electron chi connectivity index (χ1n) is 7.61. The molecule has 9 heteroatoms. The van der Waals surface area contributed by atoms with Crippen LogP contribution in [0.2, 0.25) is 5.02 Å². The van der Waals surface area contributed by atoms with Crippen LogP contribution in [0.3, 0.4) is 0 Å². The zero-order valence-electron chi connectivity index (χ0n) is 14.2. The summed E-state index contributed by atoms with van der Waals surface area (Å²) in [7, 11) is -3.84. The minimum atomic E-state index is -3.84. The first kappa shape index (κ1) is 19.9. The van der Waals surface area contributed by atoms with Gasteiger partial charge in [-0.25, -0.2) is 13.1 Å². The van der Waals surface area contributed by atoms with Crippen LogP contribution >= 0.6 is 11.6 Å². The van der Waals surface area contributed by atoms with Gasteiger partial charge in [-0.1, -0.05) is 29.8 Å². The van der Waals surface area contributed by atoms with E-state index in [0.29, 0.717) is 0 Å². The number of rotatable bonds is 5. The predicted octanol–water partition coefficient (Wildman–Crippen LogP) is 1.70. The molecule has 138 valence electrons. The average Bonchev–Trinajstić information content (AvgIpc) is 2.60. The topological polar surface area (TPSA) is 104 Å². The van der Waals surface area contributed by atoms with E-state index in [1.165, 1.54) is 24.3 Å². The third-order valence-electron chi connectivity index (χ3n) is 3.65. The lowest BCUT2D eigenvalue weighted by atomic mass is 10.1. The van der Waals surface area contributed by atoms with Crippen molar-refractivity contribution in [1.82, 2.24) is 15.6 Å². The molecule has 0 unspecified atom stereocenters. The molecule has 0 heterocycles. The standard InChI is InChI=1S/C17H18ClN3O4S/c1-11-7-8-13(9-12(11)2)26(24,25)19-10-16(22)20-21-17(23)14-5-3-4-6-15(14)18/h3-9,19H,10H2,1-2H3,(H,20,22)(H,21,23). The minimum Gasteiger partial charge on any atom is -0.272 e. The monoisotopic (exact) mass is 395 g/mol. The second-order valence-corrected chi connectivity index (χ2v) is 7.73. The van der Waals surface area contributed by atoms with Gasteiger partial charge in [0.1, 0.15) is 0 Å². The number of hydrogen-bond donors (Lipinski definition) is 3. The molecule has 0 fully saturated rings. The highest BCUT2D eigenvalue weighted by Crippen LogP contribution is 2.15. The molecule has 0 saturated carbocycles. The molecule has 0 spiro atoms. The molecule has 2 amide bonds. The number of carbonyl (C=O) groups excluding carboxylic acids is 2. The third-order valence-corrected chi connectivity index (χ3v) is 5.37. The lowest BCUT2D eigenvalue weighted by Crippen LogP contribution is -2.46. The Hall–Kier alpha value is -2.42. The van der Waals surface area contributed by atoms with Crippen LogP contribution in [-0.2, 0) is 14.8 Å². The molecule has 7 nitrogen and oxygen atoms in total. The van der Waals surface area contributed by atoms with Gasteiger partial charge >= 0.3 is 0 Å². The second-order valence-electron chi connectivity index (χ2n) is 5.55. The smallest absolute Gasteiger partial charge is 0.271 e. The van der Waals surface area contributed by atoms with Crippen molar-refractivity contribution in [3.8, 4) is 0 Å². The molecular weight excluding hydrogens is 378 g/mol. The number of hydrogen-bond acceptors (Lipinski definition) is 4. The number of aryl methyl sites for hydroxylation is 2. The molecule has 2 aromatic rings. The van der Waals surface area contributed by atoms with Gasteiger partial charge in [0.15, 0.2) is 0 Å². The van der Waals surface area contributed by atoms with Crippen LogP contribution < -0.4 is 15.6 Å². The maximum Gasteiger partial charge on any atom is 0.271 e. The molecule has 0 aliphatic heterocycles. The zero-order valence-corrected chi connectivity index (χ0v) is 15.7. The zero-order chi connectivity index (χ0) is 19.3. The summed E-state index contributed by atoms with van der Waals surface area (Å²) >= 11 is 5.88. The van der Waals surface area contributed by atoms with E-state index in [1.807, 2.05) is 6.92 Å². The summed E-state index contributed by atoms with van der Waals surface area (Å²) in [5.41, 5.74) is 6.27. The molecule has 0 saturated heterocycles. The van der Waals surface area contributed by atoms with Crippen LogP contribution in [0, 0.1) is 13.8 Å². The van der Waals surface area contributed by atoms with Gasteiger partial charge in [-0.15, -0.1) is 0 Å². The molecule has 2 aromatic carbocycles. The maximum atomic E-state index is 12.2. The summed E-state index contributed by atoms with van der Waals surface area (Å²) in [4.78, 5) is 23.8. The molecular formula is C17H18ClN3O4S. The first-order valence-corrected chi connectivity index (χ1v) is 9.47. The van der Waals surface area contributed by atoms with E-state index in [1.54, 1.807) is 25.1 Å². The Bertz CT molecular complexity index is 945. The van der Waals surface area contributed by atoms with Gasteiger partial charge < -0.3 is 0 Å². The predicted molar refractivity (Wildman–Crippen MR) is 98.2 cm³/mol. The van der Waals surface area contributed by atoms with Crippen molar-refractivity contribution in [3.05, 3.63) is 64.2 Å². The highest BCUT2D eigenvalue weighted by Gasteiger charge is 2.17. The lowest BCUT2D eigenvalue weighted by molar-refractivity contribution is -0.120. The van der Waals surface area contributed by atoms with Crippen molar-refractivity contribution in [1.29, 1.82) is 0 Å². The van der Waals surface area contributed by atoms with E-state index in [9.17, 15) is 18.0 Å². The normalized spacial score (nSPS) is 11.0. The van der Waals surface area contributed by atoms with E-state index < -0.39 is 28.4 Å². The first-order chi connectivity index (χ1) is 12.2. The Labute approximate surface area is 156 Å². The summed E-state index contributed by atoms with van der Waals surface area (Å²) in [6, 6.07) is 11.0. The van der Waals surface area contributed by atoms with Gasteiger partial charge in [0.2, 0.25) is 10.0 Å². The van der Waals surface area contributed by atoms with Crippen LogP contribution in [0.4, 0.5) is 0 Å². The fraction of sp³-hybridized carbons (Fsp3) is 0.176. The number of hydrazine groups is 1. The largest absolute Gasteiger partial charge is 0.272 e. The van der Waals surface area contributed by atoms with E-state index >= 15 is 0 Å². The molecule has 0 radical (unpaired) electrons. The number of amides is 2. The van der Waals surface area contributed by atoms with Gasteiger partial charge in [-0.05, 0) is 49.2 Å². The van der Waals surface area contributed by atoms with E-state index in [-0.39, 0.29) is 15.5 Å². The number of carbonyl (C=O) groups is 2. The Morgan fingerprint density at radius 3 is 2.35 bits per heavy atom. The van der Waals surface area contributed by atoms with E-state index in [4.69, 9.17) is 11.6 Å². The minimum absolute atomic E-state index is 0.0634. The second kappa shape index (κ2) is 8.31. The van der Waals surface area contributed by atoms with Crippen LogP contribution in [0.15, 0.2) is 47.4 Å². The van der Waals surface area contributed by atoms with Crippen molar-refractivity contribution in [2.75, 3.05) is 6.54 Å².